The molecule has 4 nitrogen and oxygen atoms in total. The maximum Gasteiger partial charge on any atom is 0.158 e. The van der Waals surface area contributed by atoms with Gasteiger partial charge in [-0.25, -0.2) is 13.4 Å². The Morgan fingerprint density at radius 3 is 3.00 bits per heavy atom. The highest BCUT2D eigenvalue weighted by molar-refractivity contribution is 7.90. The SMILES string of the molecule is O=S(=O)(Cc1csc(-c2cccs2)n1)CC1CCCO1. The van der Waals surface area contributed by atoms with Gasteiger partial charge in [0.05, 0.1) is 28.2 Å². The van der Waals surface area contributed by atoms with Crippen molar-refractivity contribution in [2.45, 2.75) is 24.7 Å². The van der Waals surface area contributed by atoms with Crippen molar-refractivity contribution in [2.75, 3.05) is 12.4 Å². The zero-order chi connectivity index (χ0) is 14.0. The molecule has 2 aromatic rings. The molecule has 0 amide bonds. The summed E-state index contributed by atoms with van der Waals surface area (Å²) in [4.78, 5) is 5.50. The van der Waals surface area contributed by atoms with Crippen LogP contribution in [0.1, 0.15) is 18.5 Å². The molecule has 0 spiro atoms. The lowest BCUT2D eigenvalue weighted by molar-refractivity contribution is 0.127. The van der Waals surface area contributed by atoms with Gasteiger partial charge < -0.3 is 4.74 Å². The van der Waals surface area contributed by atoms with Gasteiger partial charge in [0, 0.05) is 12.0 Å². The first-order valence-corrected chi connectivity index (χ1v) is 10.0. The molecule has 108 valence electrons. The van der Waals surface area contributed by atoms with Crippen LogP contribution in [0.3, 0.4) is 0 Å². The van der Waals surface area contributed by atoms with Gasteiger partial charge in [-0.05, 0) is 24.3 Å². The topological polar surface area (TPSA) is 56.3 Å². The Bertz CT molecular complexity index is 655. The molecule has 1 aliphatic rings. The highest BCUT2D eigenvalue weighted by Gasteiger charge is 2.24. The van der Waals surface area contributed by atoms with Crippen molar-refractivity contribution < 1.29 is 13.2 Å². The van der Waals surface area contributed by atoms with E-state index < -0.39 is 9.84 Å². The summed E-state index contributed by atoms with van der Waals surface area (Å²) in [6, 6.07) is 3.96. The molecule has 1 atom stereocenters. The Kier molecular flexibility index (Phi) is 4.21. The molecule has 0 saturated carbocycles. The van der Waals surface area contributed by atoms with Crippen molar-refractivity contribution in [1.82, 2.24) is 4.98 Å². The van der Waals surface area contributed by atoms with Crippen LogP contribution in [0, 0.1) is 0 Å². The van der Waals surface area contributed by atoms with Gasteiger partial charge in [0.25, 0.3) is 0 Å². The van der Waals surface area contributed by atoms with E-state index in [1.54, 1.807) is 11.3 Å². The lowest BCUT2D eigenvalue weighted by Gasteiger charge is -2.08. The summed E-state index contributed by atoms with van der Waals surface area (Å²) in [5, 5.41) is 4.72. The summed E-state index contributed by atoms with van der Waals surface area (Å²) in [5.41, 5.74) is 0.636. The molecule has 0 aliphatic carbocycles. The van der Waals surface area contributed by atoms with Crippen molar-refractivity contribution in [3.05, 3.63) is 28.6 Å². The Balaban J connectivity index is 1.68. The maximum absolute atomic E-state index is 12.1. The number of rotatable bonds is 5. The van der Waals surface area contributed by atoms with Crippen LogP contribution in [-0.2, 0) is 20.3 Å². The third-order valence-electron chi connectivity index (χ3n) is 3.12. The molecule has 3 rings (SSSR count). The fourth-order valence-corrected chi connectivity index (χ4v) is 5.52. The van der Waals surface area contributed by atoms with E-state index in [9.17, 15) is 8.42 Å². The van der Waals surface area contributed by atoms with E-state index in [0.717, 1.165) is 22.7 Å². The van der Waals surface area contributed by atoms with E-state index in [4.69, 9.17) is 4.74 Å². The van der Waals surface area contributed by atoms with Gasteiger partial charge in [-0.1, -0.05) is 6.07 Å². The molecule has 1 unspecified atom stereocenters. The molecule has 0 radical (unpaired) electrons. The number of thiophene rings is 1. The van der Waals surface area contributed by atoms with Gasteiger partial charge in [0.1, 0.15) is 5.01 Å². The number of ether oxygens (including phenoxy) is 1. The summed E-state index contributed by atoms with van der Waals surface area (Å²) in [6.07, 6.45) is 1.67. The molecule has 7 heteroatoms. The van der Waals surface area contributed by atoms with E-state index in [2.05, 4.69) is 4.98 Å². The second kappa shape index (κ2) is 5.93. The average Bonchev–Trinajstić information content (AvgIpc) is 3.07. The van der Waals surface area contributed by atoms with Crippen molar-refractivity contribution in [2.24, 2.45) is 0 Å². The molecule has 1 fully saturated rings. The van der Waals surface area contributed by atoms with Crippen LogP contribution in [0.25, 0.3) is 9.88 Å². The van der Waals surface area contributed by atoms with Crippen molar-refractivity contribution in [3.8, 4) is 9.88 Å². The molecule has 0 N–H and O–H groups in total. The van der Waals surface area contributed by atoms with Crippen LogP contribution in [0.4, 0.5) is 0 Å². The fraction of sp³-hybridized carbons (Fsp3) is 0.462. The van der Waals surface area contributed by atoms with Crippen molar-refractivity contribution in [1.29, 1.82) is 0 Å². The molecule has 0 aromatic carbocycles. The first-order valence-electron chi connectivity index (χ1n) is 6.43. The second-order valence-electron chi connectivity index (χ2n) is 4.81. The summed E-state index contributed by atoms with van der Waals surface area (Å²) in [6.45, 7) is 0.680. The van der Waals surface area contributed by atoms with Crippen LogP contribution < -0.4 is 0 Å². The first-order chi connectivity index (χ1) is 9.62. The number of sulfone groups is 1. The predicted molar refractivity (Wildman–Crippen MR) is 81.9 cm³/mol. The lowest BCUT2D eigenvalue weighted by atomic mass is 10.3. The maximum atomic E-state index is 12.1. The minimum atomic E-state index is -3.15. The largest absolute Gasteiger partial charge is 0.377 e. The third-order valence-corrected chi connectivity index (χ3v) is 6.66. The molecular formula is C13H15NO3S3. The number of thiazole rings is 1. The van der Waals surface area contributed by atoms with Crippen LogP contribution in [0.5, 0.6) is 0 Å². The van der Waals surface area contributed by atoms with Gasteiger partial charge in [-0.3, -0.25) is 0 Å². The van der Waals surface area contributed by atoms with Crippen LogP contribution in [0.2, 0.25) is 0 Å². The predicted octanol–water partition coefficient (Wildman–Crippen LogP) is 2.97. The third kappa shape index (κ3) is 3.46. The molecule has 20 heavy (non-hydrogen) atoms. The average molecular weight is 329 g/mol. The quantitative estimate of drug-likeness (QED) is 0.846. The smallest absolute Gasteiger partial charge is 0.158 e. The highest BCUT2D eigenvalue weighted by Crippen LogP contribution is 2.28. The Morgan fingerprint density at radius 2 is 2.30 bits per heavy atom. The minimum absolute atomic E-state index is 0.00867. The molecule has 2 aromatic heterocycles. The Labute approximate surface area is 126 Å². The highest BCUT2D eigenvalue weighted by atomic mass is 32.2. The van der Waals surface area contributed by atoms with Crippen LogP contribution in [-0.4, -0.2) is 31.9 Å². The lowest BCUT2D eigenvalue weighted by Crippen LogP contribution is -2.21. The van der Waals surface area contributed by atoms with Gasteiger partial charge in [-0.2, -0.15) is 0 Å². The van der Waals surface area contributed by atoms with E-state index in [-0.39, 0.29) is 17.6 Å². The number of nitrogens with zero attached hydrogens (tertiary/aromatic N) is 1. The van der Waals surface area contributed by atoms with Crippen molar-refractivity contribution in [3.63, 3.8) is 0 Å². The summed E-state index contributed by atoms with van der Waals surface area (Å²) in [7, 11) is -3.15. The number of aromatic nitrogens is 1. The normalized spacial score (nSPS) is 19.5. The van der Waals surface area contributed by atoms with Gasteiger partial charge in [0.2, 0.25) is 0 Å². The van der Waals surface area contributed by atoms with Gasteiger partial charge in [-0.15, -0.1) is 22.7 Å². The second-order valence-corrected chi connectivity index (χ2v) is 8.73. The number of hydrogen-bond acceptors (Lipinski definition) is 6. The zero-order valence-electron chi connectivity index (χ0n) is 10.8. The molecule has 1 aliphatic heterocycles. The van der Waals surface area contributed by atoms with Gasteiger partial charge >= 0.3 is 0 Å². The van der Waals surface area contributed by atoms with Crippen molar-refractivity contribution >= 4 is 32.5 Å². The van der Waals surface area contributed by atoms with E-state index in [1.165, 1.54) is 11.3 Å². The minimum Gasteiger partial charge on any atom is -0.377 e. The molecule has 1 saturated heterocycles. The summed E-state index contributed by atoms with van der Waals surface area (Å²) < 4.78 is 29.7. The van der Waals surface area contributed by atoms with E-state index in [0.29, 0.717) is 12.3 Å². The summed E-state index contributed by atoms with van der Waals surface area (Å²) >= 11 is 3.11. The molecular weight excluding hydrogens is 314 g/mol. The molecule has 0 bridgehead atoms. The standard InChI is InChI=1S/C13H15NO3S3/c15-20(16,9-11-3-1-5-17-11)8-10-7-19-13(14-10)12-4-2-6-18-12/h2,4,6-7,11H,1,3,5,8-9H2. The van der Waals surface area contributed by atoms with E-state index >= 15 is 0 Å². The Hall–Kier alpha value is -0.760. The number of hydrogen-bond donors (Lipinski definition) is 0. The Morgan fingerprint density at radius 1 is 1.40 bits per heavy atom. The van der Waals surface area contributed by atoms with Crippen LogP contribution >= 0.6 is 22.7 Å². The van der Waals surface area contributed by atoms with E-state index in [1.807, 2.05) is 22.9 Å². The zero-order valence-corrected chi connectivity index (χ0v) is 13.3. The summed E-state index contributed by atoms with van der Waals surface area (Å²) in [5.74, 6) is 0.119. The van der Waals surface area contributed by atoms with Crippen LogP contribution in [0.15, 0.2) is 22.9 Å². The molecule has 3 heterocycles. The fourth-order valence-electron chi connectivity index (χ4n) is 2.23. The van der Waals surface area contributed by atoms with Gasteiger partial charge in [0.15, 0.2) is 9.84 Å². The first kappa shape index (κ1) is 14.2. The monoisotopic (exact) mass is 329 g/mol.